The average molecular weight is 174 g/mol. The van der Waals surface area contributed by atoms with Gasteiger partial charge >= 0.3 is 0 Å². The van der Waals surface area contributed by atoms with Crippen molar-refractivity contribution >= 4 is 17.2 Å². The molecule has 4 heteroatoms. The fourth-order valence-electron chi connectivity index (χ4n) is 1.06. The Bertz CT molecular complexity index is 430. The van der Waals surface area contributed by atoms with E-state index in [4.69, 9.17) is 0 Å². The normalized spacial score (nSPS) is 11.5. The van der Waals surface area contributed by atoms with Crippen molar-refractivity contribution in [3.8, 4) is 0 Å². The van der Waals surface area contributed by atoms with Crippen LogP contribution in [-0.4, -0.2) is 19.9 Å². The number of hydrogen-bond acceptors (Lipinski definition) is 3. The summed E-state index contributed by atoms with van der Waals surface area (Å²) in [5, 5.41) is 0. The van der Waals surface area contributed by atoms with Gasteiger partial charge in [0, 0.05) is 0 Å². The van der Waals surface area contributed by atoms with Crippen LogP contribution in [-0.2, 0) is 0 Å². The summed E-state index contributed by atoms with van der Waals surface area (Å²) in [6, 6.07) is 0. The zero-order valence-corrected chi connectivity index (χ0v) is 7.36. The maximum absolute atomic E-state index is 4.26. The lowest BCUT2D eigenvalue weighted by atomic mass is 10.4. The van der Waals surface area contributed by atoms with Crippen LogP contribution in [0.5, 0.6) is 0 Å². The smallest absolute Gasteiger partial charge is 0.161 e. The number of rotatable bonds is 2. The third kappa shape index (κ3) is 1.56. The molecular weight excluding hydrogens is 164 g/mol. The first-order valence-electron chi connectivity index (χ1n) is 4.23. The number of fused-ring (bicyclic) bond motifs is 1. The molecule has 2 aromatic heterocycles. The first-order valence-corrected chi connectivity index (χ1v) is 4.23. The van der Waals surface area contributed by atoms with Crippen LogP contribution in [0.1, 0.15) is 19.2 Å². The molecule has 66 valence electrons. The lowest BCUT2D eigenvalue weighted by molar-refractivity contribution is 1.15. The number of allylic oxidation sites excluding steroid dienone is 1. The fourth-order valence-corrected chi connectivity index (χ4v) is 1.06. The molecule has 0 aromatic carbocycles. The predicted molar refractivity (Wildman–Crippen MR) is 51.0 cm³/mol. The number of nitrogens with zero attached hydrogens (tertiary/aromatic N) is 3. The Labute approximate surface area is 75.8 Å². The molecule has 0 bridgehead atoms. The first kappa shape index (κ1) is 7.91. The molecule has 0 atom stereocenters. The molecule has 1 N–H and O–H groups in total. The number of nitrogens with one attached hydrogen (secondary N) is 1. The Morgan fingerprint density at radius 2 is 2.38 bits per heavy atom. The molecule has 0 unspecified atom stereocenters. The molecule has 2 heterocycles. The standard InChI is InChI=1S/C9H10N4/c1-2-3-4-8-10-5-7-9(13-8)12-6-11-7/h3-6H,2H2,1H3,(H,10,11,12,13)/b4-3+. The zero-order chi connectivity index (χ0) is 9.10. The molecule has 2 aromatic rings. The van der Waals surface area contributed by atoms with E-state index in [1.807, 2.05) is 12.2 Å². The van der Waals surface area contributed by atoms with Gasteiger partial charge in [-0.3, -0.25) is 0 Å². The van der Waals surface area contributed by atoms with Crippen molar-refractivity contribution in [1.82, 2.24) is 19.9 Å². The molecular formula is C9H10N4. The third-order valence-corrected chi connectivity index (χ3v) is 1.70. The Kier molecular flexibility index (Phi) is 2.04. The second kappa shape index (κ2) is 3.35. The minimum absolute atomic E-state index is 0.721. The first-order chi connectivity index (χ1) is 6.40. The summed E-state index contributed by atoms with van der Waals surface area (Å²) in [5.41, 5.74) is 1.58. The van der Waals surface area contributed by atoms with E-state index < -0.39 is 0 Å². The van der Waals surface area contributed by atoms with E-state index in [0.29, 0.717) is 0 Å². The molecule has 0 aliphatic heterocycles. The molecule has 4 nitrogen and oxygen atoms in total. The van der Waals surface area contributed by atoms with Crippen LogP contribution in [0.25, 0.3) is 17.2 Å². The molecule has 13 heavy (non-hydrogen) atoms. The highest BCUT2D eigenvalue weighted by molar-refractivity contribution is 5.69. The average Bonchev–Trinajstić information content (AvgIpc) is 2.61. The van der Waals surface area contributed by atoms with Crippen molar-refractivity contribution in [3.05, 3.63) is 24.4 Å². The Hall–Kier alpha value is -1.71. The summed E-state index contributed by atoms with van der Waals surface area (Å²) in [5.74, 6) is 0.721. The van der Waals surface area contributed by atoms with Gasteiger partial charge in [0.05, 0.1) is 12.5 Å². The molecule has 0 aliphatic carbocycles. The second-order valence-electron chi connectivity index (χ2n) is 2.68. The van der Waals surface area contributed by atoms with Gasteiger partial charge in [0.2, 0.25) is 0 Å². The van der Waals surface area contributed by atoms with Crippen molar-refractivity contribution in [2.75, 3.05) is 0 Å². The summed E-state index contributed by atoms with van der Waals surface area (Å²) in [6.45, 7) is 2.07. The van der Waals surface area contributed by atoms with Gasteiger partial charge in [-0.1, -0.05) is 13.0 Å². The van der Waals surface area contributed by atoms with Crippen molar-refractivity contribution < 1.29 is 0 Å². The largest absolute Gasteiger partial charge is 0.329 e. The Balaban J connectivity index is 2.42. The molecule has 0 saturated heterocycles. The van der Waals surface area contributed by atoms with E-state index >= 15 is 0 Å². The van der Waals surface area contributed by atoms with Crippen molar-refractivity contribution in [3.63, 3.8) is 0 Å². The highest BCUT2D eigenvalue weighted by Gasteiger charge is 1.97. The van der Waals surface area contributed by atoms with Crippen LogP contribution >= 0.6 is 0 Å². The number of aromatic amines is 1. The lowest BCUT2D eigenvalue weighted by Crippen LogP contribution is -1.86. The number of aromatic nitrogens is 4. The summed E-state index contributed by atoms with van der Waals surface area (Å²) in [7, 11) is 0. The van der Waals surface area contributed by atoms with Crippen molar-refractivity contribution in [2.45, 2.75) is 13.3 Å². The van der Waals surface area contributed by atoms with Gasteiger partial charge < -0.3 is 4.98 Å². The van der Waals surface area contributed by atoms with E-state index in [9.17, 15) is 0 Å². The van der Waals surface area contributed by atoms with Gasteiger partial charge in [0.25, 0.3) is 0 Å². The van der Waals surface area contributed by atoms with E-state index in [0.717, 1.165) is 23.4 Å². The predicted octanol–water partition coefficient (Wildman–Crippen LogP) is 1.78. The highest BCUT2D eigenvalue weighted by Crippen LogP contribution is 2.04. The fraction of sp³-hybridized carbons (Fsp3) is 0.222. The Morgan fingerprint density at radius 3 is 3.23 bits per heavy atom. The molecule has 2 rings (SSSR count). The molecule has 0 aliphatic rings. The third-order valence-electron chi connectivity index (χ3n) is 1.70. The van der Waals surface area contributed by atoms with Gasteiger partial charge in [0.1, 0.15) is 5.52 Å². The van der Waals surface area contributed by atoms with E-state index in [1.165, 1.54) is 0 Å². The van der Waals surface area contributed by atoms with Crippen molar-refractivity contribution in [1.29, 1.82) is 0 Å². The summed E-state index contributed by atoms with van der Waals surface area (Å²) >= 11 is 0. The van der Waals surface area contributed by atoms with Crippen LogP contribution in [0.3, 0.4) is 0 Å². The zero-order valence-electron chi connectivity index (χ0n) is 7.36. The Morgan fingerprint density at radius 1 is 1.46 bits per heavy atom. The molecule has 0 radical (unpaired) electrons. The van der Waals surface area contributed by atoms with Gasteiger partial charge in [-0.2, -0.15) is 0 Å². The molecule has 0 spiro atoms. The number of H-pyrrole nitrogens is 1. The van der Waals surface area contributed by atoms with Crippen LogP contribution in [0.15, 0.2) is 18.6 Å². The van der Waals surface area contributed by atoms with Crippen molar-refractivity contribution in [2.24, 2.45) is 0 Å². The van der Waals surface area contributed by atoms with Gasteiger partial charge in [-0.25, -0.2) is 15.0 Å². The van der Waals surface area contributed by atoms with Crippen LogP contribution in [0, 0.1) is 0 Å². The topological polar surface area (TPSA) is 54.5 Å². The number of imidazole rings is 1. The van der Waals surface area contributed by atoms with E-state index in [1.54, 1.807) is 12.5 Å². The minimum atomic E-state index is 0.721. The van der Waals surface area contributed by atoms with Crippen LogP contribution in [0.4, 0.5) is 0 Å². The quantitative estimate of drug-likeness (QED) is 0.754. The van der Waals surface area contributed by atoms with Gasteiger partial charge in [0.15, 0.2) is 11.5 Å². The van der Waals surface area contributed by atoms with Crippen LogP contribution < -0.4 is 0 Å². The van der Waals surface area contributed by atoms with Gasteiger partial charge in [-0.15, -0.1) is 0 Å². The van der Waals surface area contributed by atoms with Crippen LogP contribution in [0.2, 0.25) is 0 Å². The second-order valence-corrected chi connectivity index (χ2v) is 2.68. The minimum Gasteiger partial charge on any atom is -0.329 e. The van der Waals surface area contributed by atoms with E-state index in [2.05, 4.69) is 26.9 Å². The summed E-state index contributed by atoms with van der Waals surface area (Å²) < 4.78 is 0. The molecule has 0 amide bonds. The molecule has 0 saturated carbocycles. The number of hydrogen-bond donors (Lipinski definition) is 1. The maximum atomic E-state index is 4.26. The lowest BCUT2D eigenvalue weighted by Gasteiger charge is -1.90. The SMILES string of the molecule is CC/C=C/c1ncc2nc[nH]c2n1. The monoisotopic (exact) mass is 174 g/mol. The maximum Gasteiger partial charge on any atom is 0.161 e. The summed E-state index contributed by atoms with van der Waals surface area (Å²) in [6.07, 6.45) is 8.25. The summed E-state index contributed by atoms with van der Waals surface area (Å²) in [4.78, 5) is 15.4. The van der Waals surface area contributed by atoms with E-state index in [-0.39, 0.29) is 0 Å². The van der Waals surface area contributed by atoms with Gasteiger partial charge in [-0.05, 0) is 12.5 Å². The molecule has 0 fully saturated rings. The highest BCUT2D eigenvalue weighted by atomic mass is 15.0.